The highest BCUT2D eigenvalue weighted by Crippen LogP contribution is 2.39. The number of carbonyl (C=O) groups excluding carboxylic acids is 2. The van der Waals surface area contributed by atoms with Crippen LogP contribution in [0.1, 0.15) is 32.4 Å². The number of benzene rings is 4. The third kappa shape index (κ3) is 4.96. The van der Waals surface area contributed by atoms with Crippen LogP contribution in [0.25, 0.3) is 10.8 Å². The fraction of sp³-hybridized carbons (Fsp3) is 0.143. The number of amides is 2. The predicted octanol–water partition coefficient (Wildman–Crippen LogP) is 6.20. The summed E-state index contributed by atoms with van der Waals surface area (Å²) in [5, 5.41) is 5.95. The van der Waals surface area contributed by atoms with Gasteiger partial charge in [0.1, 0.15) is 5.37 Å². The van der Waals surface area contributed by atoms with Gasteiger partial charge in [-0.3, -0.25) is 9.59 Å². The summed E-state index contributed by atoms with van der Waals surface area (Å²) in [7, 11) is 0. The van der Waals surface area contributed by atoms with Gasteiger partial charge in [-0.25, -0.2) is 0 Å². The van der Waals surface area contributed by atoms with Crippen LogP contribution in [0.4, 0.5) is 0 Å². The quantitative estimate of drug-likeness (QED) is 0.353. The normalized spacial score (nSPS) is 15.6. The minimum absolute atomic E-state index is 0.0714. The van der Waals surface area contributed by atoms with E-state index in [0.717, 1.165) is 22.1 Å². The van der Waals surface area contributed by atoms with Crippen molar-refractivity contribution in [3.05, 3.63) is 118 Å². The molecule has 1 heterocycles. The van der Waals surface area contributed by atoms with Gasteiger partial charge in [0, 0.05) is 23.7 Å². The Morgan fingerprint density at radius 1 is 0.912 bits per heavy atom. The van der Waals surface area contributed by atoms with Crippen molar-refractivity contribution in [2.75, 3.05) is 5.75 Å². The summed E-state index contributed by atoms with van der Waals surface area (Å²) in [5.74, 6) is 0.446. The van der Waals surface area contributed by atoms with Crippen molar-refractivity contribution in [1.82, 2.24) is 10.2 Å². The summed E-state index contributed by atoms with van der Waals surface area (Å²) in [6.45, 7) is 0.995. The molecule has 1 aliphatic rings. The molecule has 0 aliphatic carbocycles. The maximum absolute atomic E-state index is 12.7. The van der Waals surface area contributed by atoms with Crippen LogP contribution in [0, 0.1) is 0 Å². The summed E-state index contributed by atoms with van der Waals surface area (Å²) in [6.07, 6.45) is 0. The number of carbonyl (C=O) groups is 2. The van der Waals surface area contributed by atoms with Crippen LogP contribution in [0.3, 0.4) is 0 Å². The van der Waals surface area contributed by atoms with E-state index in [2.05, 4.69) is 29.6 Å². The Morgan fingerprint density at radius 2 is 1.62 bits per heavy atom. The molecule has 170 valence electrons. The first-order chi connectivity index (χ1) is 16.6. The molecular weight excluding hydrogens is 464 g/mol. The molecule has 1 N–H and O–H groups in total. The van der Waals surface area contributed by atoms with E-state index in [4.69, 9.17) is 11.6 Å². The van der Waals surface area contributed by atoms with Crippen molar-refractivity contribution < 1.29 is 9.59 Å². The van der Waals surface area contributed by atoms with Gasteiger partial charge in [-0.15, -0.1) is 11.8 Å². The van der Waals surface area contributed by atoms with E-state index >= 15 is 0 Å². The molecule has 4 nitrogen and oxygen atoms in total. The van der Waals surface area contributed by atoms with E-state index < -0.39 is 0 Å². The monoisotopic (exact) mass is 486 g/mol. The molecule has 6 heteroatoms. The Labute approximate surface area is 207 Å². The third-order valence-corrected chi connectivity index (χ3v) is 7.47. The molecular formula is C28H23ClN2O2S. The van der Waals surface area contributed by atoms with Gasteiger partial charge in [0.2, 0.25) is 5.91 Å². The van der Waals surface area contributed by atoms with Crippen molar-refractivity contribution in [1.29, 1.82) is 0 Å². The molecule has 0 radical (unpaired) electrons. The average molecular weight is 487 g/mol. The van der Waals surface area contributed by atoms with Gasteiger partial charge in [-0.2, -0.15) is 0 Å². The summed E-state index contributed by atoms with van der Waals surface area (Å²) in [4.78, 5) is 27.1. The molecule has 1 aliphatic heterocycles. The number of hydrogen-bond acceptors (Lipinski definition) is 3. The number of fused-ring (bicyclic) bond motifs is 1. The van der Waals surface area contributed by atoms with Gasteiger partial charge >= 0.3 is 0 Å². The lowest BCUT2D eigenvalue weighted by Crippen LogP contribution is -2.27. The number of halogens is 1. The van der Waals surface area contributed by atoms with Crippen LogP contribution < -0.4 is 5.32 Å². The molecule has 1 fully saturated rings. The number of rotatable bonds is 6. The topological polar surface area (TPSA) is 49.4 Å². The lowest BCUT2D eigenvalue weighted by Gasteiger charge is -2.24. The average Bonchev–Trinajstić information content (AvgIpc) is 3.23. The second kappa shape index (κ2) is 9.92. The second-order valence-electron chi connectivity index (χ2n) is 8.30. The van der Waals surface area contributed by atoms with Gasteiger partial charge in [-0.05, 0) is 57.8 Å². The molecule has 1 atom stereocenters. The van der Waals surface area contributed by atoms with E-state index in [9.17, 15) is 9.59 Å². The van der Waals surface area contributed by atoms with Crippen LogP contribution in [0.5, 0.6) is 0 Å². The standard InChI is InChI=1S/C28H23ClN2O2S/c29-25-13-6-19(7-14-25)17-31-26(32)18-34-28(31)23-11-9-22(10-12-23)27(33)30-16-20-5-8-21-3-1-2-4-24(21)15-20/h1-15,28H,16-18H2,(H,30,33). The lowest BCUT2D eigenvalue weighted by atomic mass is 10.1. The van der Waals surface area contributed by atoms with Crippen molar-refractivity contribution >= 4 is 45.9 Å². The van der Waals surface area contributed by atoms with E-state index in [0.29, 0.717) is 29.4 Å². The molecule has 0 bridgehead atoms. The number of nitrogens with zero attached hydrogens (tertiary/aromatic N) is 1. The fourth-order valence-electron chi connectivity index (χ4n) is 4.12. The Morgan fingerprint density at radius 3 is 2.38 bits per heavy atom. The molecule has 4 aromatic carbocycles. The third-order valence-electron chi connectivity index (χ3n) is 5.96. The summed E-state index contributed by atoms with van der Waals surface area (Å²) < 4.78 is 0. The highest BCUT2D eigenvalue weighted by molar-refractivity contribution is 8.00. The zero-order valence-electron chi connectivity index (χ0n) is 18.4. The smallest absolute Gasteiger partial charge is 0.251 e. The van der Waals surface area contributed by atoms with Crippen molar-refractivity contribution in [2.24, 2.45) is 0 Å². The molecule has 1 saturated heterocycles. The van der Waals surface area contributed by atoms with Gasteiger partial charge in [0.25, 0.3) is 5.91 Å². The minimum atomic E-state index is -0.118. The summed E-state index contributed by atoms with van der Waals surface area (Å²) in [5.41, 5.74) is 3.70. The fourth-order valence-corrected chi connectivity index (χ4v) is 5.43. The van der Waals surface area contributed by atoms with E-state index in [1.54, 1.807) is 11.8 Å². The second-order valence-corrected chi connectivity index (χ2v) is 9.80. The zero-order chi connectivity index (χ0) is 23.5. The van der Waals surface area contributed by atoms with Gasteiger partial charge < -0.3 is 10.2 Å². The van der Waals surface area contributed by atoms with Crippen LogP contribution in [-0.2, 0) is 17.9 Å². The maximum Gasteiger partial charge on any atom is 0.251 e. The zero-order valence-corrected chi connectivity index (χ0v) is 20.0. The molecule has 4 aromatic rings. The highest BCUT2D eigenvalue weighted by Gasteiger charge is 2.32. The minimum Gasteiger partial charge on any atom is -0.348 e. The van der Waals surface area contributed by atoms with E-state index in [1.807, 2.05) is 71.6 Å². The summed E-state index contributed by atoms with van der Waals surface area (Å²) >= 11 is 7.59. The first-order valence-corrected chi connectivity index (χ1v) is 12.5. The maximum atomic E-state index is 12.7. The molecule has 2 amide bonds. The van der Waals surface area contributed by atoms with E-state index in [-0.39, 0.29) is 17.2 Å². The van der Waals surface area contributed by atoms with Gasteiger partial charge in [-0.1, -0.05) is 72.3 Å². The molecule has 0 saturated carbocycles. The number of nitrogens with one attached hydrogen (secondary N) is 1. The van der Waals surface area contributed by atoms with Crippen molar-refractivity contribution in [3.63, 3.8) is 0 Å². The molecule has 0 aromatic heterocycles. The van der Waals surface area contributed by atoms with E-state index in [1.165, 1.54) is 5.39 Å². The molecule has 34 heavy (non-hydrogen) atoms. The largest absolute Gasteiger partial charge is 0.348 e. The molecule has 0 spiro atoms. The van der Waals surface area contributed by atoms with Crippen molar-refractivity contribution in [2.45, 2.75) is 18.5 Å². The van der Waals surface area contributed by atoms with Crippen LogP contribution >= 0.6 is 23.4 Å². The molecule has 5 rings (SSSR count). The van der Waals surface area contributed by atoms with Crippen LogP contribution in [-0.4, -0.2) is 22.5 Å². The first-order valence-electron chi connectivity index (χ1n) is 11.1. The van der Waals surface area contributed by atoms with Gasteiger partial charge in [0.15, 0.2) is 0 Å². The van der Waals surface area contributed by atoms with Crippen LogP contribution in [0.2, 0.25) is 5.02 Å². The Bertz CT molecular complexity index is 1340. The Hall–Kier alpha value is -3.28. The van der Waals surface area contributed by atoms with Gasteiger partial charge in [0.05, 0.1) is 5.75 Å². The summed E-state index contributed by atoms with van der Waals surface area (Å²) in [6, 6.07) is 29.5. The predicted molar refractivity (Wildman–Crippen MR) is 139 cm³/mol. The Balaban J connectivity index is 1.24. The first kappa shape index (κ1) is 22.5. The highest BCUT2D eigenvalue weighted by atomic mass is 35.5. The SMILES string of the molecule is O=C(NCc1ccc2ccccc2c1)c1ccc(C2SCC(=O)N2Cc2ccc(Cl)cc2)cc1. The lowest BCUT2D eigenvalue weighted by molar-refractivity contribution is -0.128. The van der Waals surface area contributed by atoms with Crippen molar-refractivity contribution in [3.8, 4) is 0 Å². The number of hydrogen-bond donors (Lipinski definition) is 1. The Kier molecular flexibility index (Phi) is 6.57. The number of thioether (sulfide) groups is 1. The van der Waals surface area contributed by atoms with Crippen LogP contribution in [0.15, 0.2) is 91.0 Å². The molecule has 1 unspecified atom stereocenters.